The average molecular weight is 212 g/mol. The topological polar surface area (TPSA) is 38.3 Å². The summed E-state index contributed by atoms with van der Waals surface area (Å²) in [4.78, 5) is 10.2. The first-order valence-corrected chi connectivity index (χ1v) is 5.97. The average Bonchev–Trinajstić information content (AvgIpc) is 2.25. The summed E-state index contributed by atoms with van der Waals surface area (Å²) in [5, 5.41) is 3.36. The smallest absolute Gasteiger partial charge is 0.417 e. The van der Waals surface area contributed by atoms with Crippen LogP contribution in [0.3, 0.4) is 0 Å². The van der Waals surface area contributed by atoms with Crippen molar-refractivity contribution in [1.82, 2.24) is 5.32 Å². The number of hydrogen-bond donors (Lipinski definition) is 1. The number of rotatable bonds is 6. The van der Waals surface area contributed by atoms with Gasteiger partial charge in [0.2, 0.25) is 0 Å². The normalized spacial score (nSPS) is 20.2. The van der Waals surface area contributed by atoms with E-state index in [4.69, 9.17) is 4.74 Å². The predicted octanol–water partition coefficient (Wildman–Crippen LogP) is 1.87. The van der Waals surface area contributed by atoms with Crippen molar-refractivity contribution in [3.8, 4) is 0 Å². The zero-order valence-corrected chi connectivity index (χ0v) is 9.79. The lowest BCUT2D eigenvalue weighted by molar-refractivity contribution is 0.112. The van der Waals surface area contributed by atoms with Crippen LogP contribution >= 0.6 is 0 Å². The van der Waals surface area contributed by atoms with Gasteiger partial charge >= 0.3 is 6.47 Å². The van der Waals surface area contributed by atoms with Gasteiger partial charge in [-0.2, -0.15) is 0 Å². The van der Waals surface area contributed by atoms with Crippen molar-refractivity contribution in [2.24, 2.45) is 11.8 Å². The molecule has 0 aromatic heterocycles. The highest BCUT2D eigenvalue weighted by atomic mass is 16.5. The van der Waals surface area contributed by atoms with E-state index in [-0.39, 0.29) is 6.10 Å². The Balaban J connectivity index is 2.22. The van der Waals surface area contributed by atoms with E-state index in [0.29, 0.717) is 5.92 Å². The van der Waals surface area contributed by atoms with Crippen LogP contribution in [-0.4, -0.2) is 25.7 Å². The van der Waals surface area contributed by atoms with E-state index in [0.717, 1.165) is 25.4 Å². The van der Waals surface area contributed by atoms with Crippen LogP contribution in [0.1, 0.15) is 39.5 Å². The van der Waals surface area contributed by atoms with Gasteiger partial charge in [0.05, 0.1) is 0 Å². The second-order valence-corrected chi connectivity index (χ2v) is 4.75. The van der Waals surface area contributed by atoms with Crippen molar-refractivity contribution < 1.29 is 9.53 Å². The second-order valence-electron chi connectivity index (χ2n) is 4.75. The Morgan fingerprint density at radius 2 is 2.07 bits per heavy atom. The quantitative estimate of drug-likeness (QED) is 0.730. The van der Waals surface area contributed by atoms with Crippen molar-refractivity contribution in [3.63, 3.8) is 0 Å². The third-order valence-corrected chi connectivity index (χ3v) is 3.26. The summed E-state index contributed by atoms with van der Waals surface area (Å²) in [5.41, 5.74) is 0. The lowest BCUT2D eigenvalue weighted by atomic mass is 9.90. The van der Waals surface area contributed by atoms with Gasteiger partial charge in [0.1, 0.15) is 6.10 Å². The Morgan fingerprint density at radius 1 is 1.40 bits per heavy atom. The van der Waals surface area contributed by atoms with Gasteiger partial charge in [-0.25, -0.2) is 4.79 Å². The molecule has 1 radical (unpaired) electrons. The Hall–Kier alpha value is -0.570. The first-order chi connectivity index (χ1) is 7.24. The first-order valence-electron chi connectivity index (χ1n) is 5.97. The minimum absolute atomic E-state index is 0.0531. The van der Waals surface area contributed by atoms with Gasteiger partial charge in [0, 0.05) is 0 Å². The zero-order chi connectivity index (χ0) is 11.1. The number of ether oxygens (including phenoxy) is 1. The molecule has 1 atom stereocenters. The van der Waals surface area contributed by atoms with Crippen molar-refractivity contribution in [1.29, 1.82) is 0 Å². The highest BCUT2D eigenvalue weighted by Crippen LogP contribution is 2.21. The molecule has 1 aliphatic rings. The molecule has 15 heavy (non-hydrogen) atoms. The lowest BCUT2D eigenvalue weighted by Gasteiger charge is -2.25. The largest absolute Gasteiger partial charge is 0.454 e. The minimum Gasteiger partial charge on any atom is -0.454 e. The minimum atomic E-state index is 0.0531. The molecule has 87 valence electrons. The molecule has 3 nitrogen and oxygen atoms in total. The molecule has 3 heteroatoms. The molecular weight excluding hydrogens is 190 g/mol. The van der Waals surface area contributed by atoms with Crippen LogP contribution in [-0.2, 0) is 9.53 Å². The maximum atomic E-state index is 10.2. The number of hydrogen-bond acceptors (Lipinski definition) is 3. The summed E-state index contributed by atoms with van der Waals surface area (Å²) in [6.07, 6.45) is 4.73. The second kappa shape index (κ2) is 6.83. The van der Waals surface area contributed by atoms with E-state index in [9.17, 15) is 4.79 Å². The lowest BCUT2D eigenvalue weighted by Crippen LogP contribution is -2.29. The van der Waals surface area contributed by atoms with Gasteiger partial charge in [0.15, 0.2) is 0 Å². The Morgan fingerprint density at radius 3 is 2.60 bits per heavy atom. The molecule has 0 aromatic rings. The Labute approximate surface area is 92.6 Å². The fraction of sp³-hybridized carbons (Fsp3) is 0.917. The first kappa shape index (κ1) is 12.5. The molecule has 0 bridgehead atoms. The van der Waals surface area contributed by atoms with Crippen molar-refractivity contribution >= 4 is 6.47 Å². The molecule has 1 heterocycles. The third-order valence-electron chi connectivity index (χ3n) is 3.26. The van der Waals surface area contributed by atoms with Gasteiger partial charge in [0.25, 0.3) is 0 Å². The molecule has 0 saturated carbocycles. The summed E-state index contributed by atoms with van der Waals surface area (Å²) in [5.74, 6) is 1.20. The highest BCUT2D eigenvalue weighted by Gasteiger charge is 2.19. The SMILES string of the molecule is CC(C)C(CCC1CCNCC1)O[C]=O. The molecule has 0 spiro atoms. The van der Waals surface area contributed by atoms with Gasteiger partial charge in [-0.1, -0.05) is 13.8 Å². The summed E-state index contributed by atoms with van der Waals surface area (Å²) in [6, 6.07) is 0. The number of carbonyl (C=O) groups excluding carboxylic acids is 1. The van der Waals surface area contributed by atoms with E-state index in [2.05, 4.69) is 19.2 Å². The third kappa shape index (κ3) is 4.65. The van der Waals surface area contributed by atoms with Crippen LogP contribution in [0, 0.1) is 11.8 Å². The van der Waals surface area contributed by atoms with Crippen LogP contribution in [0.15, 0.2) is 0 Å². The monoisotopic (exact) mass is 212 g/mol. The molecule has 1 N–H and O–H groups in total. The van der Waals surface area contributed by atoms with Crippen LogP contribution < -0.4 is 5.32 Å². The fourth-order valence-electron chi connectivity index (χ4n) is 2.16. The molecule has 1 saturated heterocycles. The zero-order valence-electron chi connectivity index (χ0n) is 9.79. The van der Waals surface area contributed by atoms with Crippen molar-refractivity contribution in [2.45, 2.75) is 45.6 Å². The van der Waals surface area contributed by atoms with Crippen LogP contribution in [0.5, 0.6) is 0 Å². The van der Waals surface area contributed by atoms with Gasteiger partial charge in [-0.15, -0.1) is 0 Å². The van der Waals surface area contributed by atoms with Crippen LogP contribution in [0.4, 0.5) is 0 Å². The molecule has 0 amide bonds. The van der Waals surface area contributed by atoms with Crippen molar-refractivity contribution in [2.75, 3.05) is 13.1 Å². The predicted molar refractivity (Wildman–Crippen MR) is 60.2 cm³/mol. The molecule has 1 rings (SSSR count). The Bertz CT molecular complexity index is 176. The maximum Gasteiger partial charge on any atom is 0.417 e. The van der Waals surface area contributed by atoms with Crippen LogP contribution in [0.2, 0.25) is 0 Å². The fourth-order valence-corrected chi connectivity index (χ4v) is 2.16. The van der Waals surface area contributed by atoms with Crippen molar-refractivity contribution in [3.05, 3.63) is 0 Å². The molecular formula is C12H22NO2. The standard InChI is InChI=1S/C12H22NO2/c1-10(2)12(15-9-14)4-3-11-5-7-13-8-6-11/h10-13H,3-8H2,1-2H3. The molecule has 0 aromatic carbocycles. The molecule has 1 fully saturated rings. The summed E-state index contributed by atoms with van der Waals surface area (Å²) < 4.78 is 4.97. The summed E-state index contributed by atoms with van der Waals surface area (Å²) >= 11 is 0. The van der Waals surface area contributed by atoms with E-state index in [1.807, 2.05) is 0 Å². The molecule has 1 aliphatic heterocycles. The van der Waals surface area contributed by atoms with E-state index in [1.165, 1.54) is 19.3 Å². The summed E-state index contributed by atoms with van der Waals surface area (Å²) in [6.45, 7) is 8.02. The molecule has 1 unspecified atom stereocenters. The maximum absolute atomic E-state index is 10.2. The number of piperidine rings is 1. The van der Waals surface area contributed by atoms with Gasteiger partial charge < -0.3 is 10.1 Å². The van der Waals surface area contributed by atoms with E-state index >= 15 is 0 Å². The number of nitrogens with one attached hydrogen (secondary N) is 1. The molecule has 0 aliphatic carbocycles. The van der Waals surface area contributed by atoms with E-state index < -0.39 is 0 Å². The van der Waals surface area contributed by atoms with Gasteiger partial charge in [-0.05, 0) is 50.6 Å². The van der Waals surface area contributed by atoms with E-state index in [1.54, 1.807) is 6.47 Å². The van der Waals surface area contributed by atoms with Crippen LogP contribution in [0.25, 0.3) is 0 Å². The highest BCUT2D eigenvalue weighted by molar-refractivity contribution is 5.38. The Kier molecular flexibility index (Phi) is 5.69. The van der Waals surface area contributed by atoms with Gasteiger partial charge in [-0.3, -0.25) is 0 Å². The summed E-state index contributed by atoms with van der Waals surface area (Å²) in [7, 11) is 0.